The molecule has 0 aliphatic carbocycles. The topological polar surface area (TPSA) is 60.8 Å². The number of carbonyl (C=O) groups excluding carboxylic acids is 1. The lowest BCUT2D eigenvalue weighted by atomic mass is 10.1. The van der Waals surface area contributed by atoms with Crippen molar-refractivity contribution in [2.75, 3.05) is 39.8 Å². The monoisotopic (exact) mass is 447 g/mol. The van der Waals surface area contributed by atoms with E-state index in [0.29, 0.717) is 24.5 Å². The Bertz CT molecular complexity index is 861. The van der Waals surface area contributed by atoms with Crippen LogP contribution in [0.15, 0.2) is 34.6 Å². The average Bonchev–Trinajstić information content (AvgIpc) is 3.16. The second-order valence-corrected chi connectivity index (χ2v) is 8.87. The van der Waals surface area contributed by atoms with Crippen LogP contribution in [0.5, 0.6) is 0 Å². The normalized spacial score (nSPS) is 14.8. The lowest BCUT2D eigenvalue weighted by Gasteiger charge is -2.36. The maximum atomic E-state index is 12.6. The highest BCUT2D eigenvalue weighted by Crippen LogP contribution is 2.13. The van der Waals surface area contributed by atoms with Crippen molar-refractivity contribution in [2.45, 2.75) is 32.6 Å². The van der Waals surface area contributed by atoms with E-state index in [2.05, 4.69) is 25.6 Å². The van der Waals surface area contributed by atoms with Gasteiger partial charge in [0.05, 0.1) is 11.4 Å². The molecule has 6 nitrogen and oxygen atoms in total. The lowest BCUT2D eigenvalue weighted by Crippen LogP contribution is -2.54. The number of thiazole rings is 1. The van der Waals surface area contributed by atoms with Crippen molar-refractivity contribution in [1.29, 1.82) is 0 Å². The molecule has 1 aromatic carbocycles. The molecule has 1 saturated heterocycles. The minimum absolute atomic E-state index is 0.150. The molecule has 1 aliphatic rings. The van der Waals surface area contributed by atoms with Crippen molar-refractivity contribution in [3.8, 4) is 0 Å². The summed E-state index contributed by atoms with van der Waals surface area (Å²) in [5.74, 6) is 1.07. The molecule has 2 aromatic rings. The molecule has 162 valence electrons. The Balaban J connectivity index is 1.36. The van der Waals surface area contributed by atoms with Crippen LogP contribution in [0.1, 0.15) is 29.1 Å². The van der Waals surface area contributed by atoms with Gasteiger partial charge < -0.3 is 15.1 Å². The van der Waals surface area contributed by atoms with Gasteiger partial charge in [-0.1, -0.05) is 23.7 Å². The third-order valence-corrected chi connectivity index (χ3v) is 6.42. The molecule has 1 amide bonds. The molecule has 0 unspecified atom stereocenters. The van der Waals surface area contributed by atoms with Crippen molar-refractivity contribution in [3.05, 3.63) is 50.9 Å². The quantitative estimate of drug-likeness (QED) is 0.401. The summed E-state index contributed by atoms with van der Waals surface area (Å²) in [7, 11) is 1.82. The van der Waals surface area contributed by atoms with Crippen molar-refractivity contribution in [3.63, 3.8) is 0 Å². The molecule has 2 heterocycles. The van der Waals surface area contributed by atoms with Gasteiger partial charge >= 0.3 is 0 Å². The summed E-state index contributed by atoms with van der Waals surface area (Å²) >= 11 is 7.77. The Kier molecular flexibility index (Phi) is 8.51. The van der Waals surface area contributed by atoms with Crippen molar-refractivity contribution in [2.24, 2.45) is 4.99 Å². The number of amides is 1. The van der Waals surface area contributed by atoms with E-state index in [1.807, 2.05) is 43.1 Å². The number of aryl methyl sites for hydroxylation is 2. The second-order valence-electron chi connectivity index (χ2n) is 7.49. The predicted octanol–water partition coefficient (Wildman–Crippen LogP) is 3.39. The molecule has 1 N–H and O–H groups in total. The van der Waals surface area contributed by atoms with Gasteiger partial charge in [0.2, 0.25) is 5.91 Å². The van der Waals surface area contributed by atoms with Crippen LogP contribution in [-0.4, -0.2) is 66.4 Å². The molecule has 1 aromatic heterocycles. The van der Waals surface area contributed by atoms with Gasteiger partial charge in [-0.15, -0.1) is 11.3 Å². The zero-order valence-electron chi connectivity index (χ0n) is 17.7. The molecule has 0 atom stereocenters. The third-order valence-electron chi connectivity index (χ3n) is 5.16. The lowest BCUT2D eigenvalue weighted by molar-refractivity contribution is -0.131. The van der Waals surface area contributed by atoms with Gasteiger partial charge in [-0.2, -0.15) is 0 Å². The molecule has 1 aliphatic heterocycles. The second kappa shape index (κ2) is 11.3. The van der Waals surface area contributed by atoms with Crippen molar-refractivity contribution in [1.82, 2.24) is 20.1 Å². The zero-order valence-corrected chi connectivity index (χ0v) is 19.3. The highest BCUT2D eigenvalue weighted by Gasteiger charge is 2.23. The van der Waals surface area contributed by atoms with E-state index in [4.69, 9.17) is 11.6 Å². The first-order chi connectivity index (χ1) is 14.5. The Morgan fingerprint density at radius 1 is 1.23 bits per heavy atom. The van der Waals surface area contributed by atoms with Gasteiger partial charge in [0, 0.05) is 55.9 Å². The zero-order chi connectivity index (χ0) is 21.3. The van der Waals surface area contributed by atoms with Gasteiger partial charge in [-0.3, -0.25) is 9.79 Å². The summed E-state index contributed by atoms with van der Waals surface area (Å²) in [5.41, 5.74) is 2.07. The van der Waals surface area contributed by atoms with Crippen molar-refractivity contribution < 1.29 is 4.79 Å². The highest BCUT2D eigenvalue weighted by molar-refractivity contribution is 7.09. The van der Waals surface area contributed by atoms with Crippen LogP contribution in [0.2, 0.25) is 5.02 Å². The van der Waals surface area contributed by atoms with Gasteiger partial charge in [-0.25, -0.2) is 4.98 Å². The number of nitrogens with zero attached hydrogens (tertiary/aromatic N) is 4. The van der Waals surface area contributed by atoms with Gasteiger partial charge in [0.25, 0.3) is 0 Å². The number of piperazine rings is 1. The summed E-state index contributed by atoms with van der Waals surface area (Å²) in [6.07, 6.45) is 3.62. The number of aromatic nitrogens is 1. The fourth-order valence-electron chi connectivity index (χ4n) is 3.55. The summed E-state index contributed by atoms with van der Waals surface area (Å²) in [6, 6.07) is 7.52. The number of hydrogen-bond donors (Lipinski definition) is 1. The van der Waals surface area contributed by atoms with E-state index < -0.39 is 0 Å². The number of halogens is 1. The fourth-order valence-corrected chi connectivity index (χ4v) is 4.58. The summed E-state index contributed by atoms with van der Waals surface area (Å²) in [4.78, 5) is 25.7. The Morgan fingerprint density at radius 3 is 2.67 bits per heavy atom. The fraction of sp³-hybridized carbons (Fsp3) is 0.500. The van der Waals surface area contributed by atoms with Crippen LogP contribution in [0.3, 0.4) is 0 Å². The number of rotatable bonds is 7. The Hall–Kier alpha value is -2.12. The first-order valence-corrected chi connectivity index (χ1v) is 11.7. The number of carbonyl (C=O) groups is 1. The molecular weight excluding hydrogens is 418 g/mol. The maximum Gasteiger partial charge on any atom is 0.227 e. The minimum atomic E-state index is 0.150. The van der Waals surface area contributed by atoms with Crippen LogP contribution in [0.25, 0.3) is 0 Å². The van der Waals surface area contributed by atoms with E-state index in [1.54, 1.807) is 11.3 Å². The number of hydrogen-bond acceptors (Lipinski definition) is 4. The molecule has 0 saturated carbocycles. The van der Waals surface area contributed by atoms with Crippen LogP contribution in [0.4, 0.5) is 0 Å². The molecule has 0 spiro atoms. The van der Waals surface area contributed by atoms with Crippen LogP contribution in [-0.2, 0) is 17.6 Å². The van der Waals surface area contributed by atoms with E-state index >= 15 is 0 Å². The third kappa shape index (κ3) is 6.71. The molecular formula is C22H30ClN5OS. The molecule has 3 rings (SSSR count). The smallest absolute Gasteiger partial charge is 0.227 e. The molecule has 0 bridgehead atoms. The molecule has 1 fully saturated rings. The van der Waals surface area contributed by atoms with Crippen LogP contribution < -0.4 is 5.32 Å². The van der Waals surface area contributed by atoms with Gasteiger partial charge in [0.15, 0.2) is 5.96 Å². The minimum Gasteiger partial charge on any atom is -0.356 e. The molecule has 30 heavy (non-hydrogen) atoms. The van der Waals surface area contributed by atoms with E-state index in [-0.39, 0.29) is 5.91 Å². The number of benzene rings is 1. The molecule has 8 heteroatoms. The summed E-state index contributed by atoms with van der Waals surface area (Å²) < 4.78 is 0. The number of unbranched alkanes of at least 4 members (excludes halogenated alkanes) is 1. The standard InChI is InChI=1S/C22H30ClN5OS/c1-17-16-30-20(26-17)8-3-4-9-25-22(24-2)28-12-10-27(11-13-28)21(29)15-18-6-5-7-19(23)14-18/h5-7,14,16H,3-4,8-13,15H2,1-2H3,(H,24,25). The maximum absolute atomic E-state index is 12.6. The number of nitrogens with one attached hydrogen (secondary N) is 1. The average molecular weight is 448 g/mol. The first kappa shape index (κ1) is 22.6. The largest absolute Gasteiger partial charge is 0.356 e. The SMILES string of the molecule is CN=C(NCCCCc1nc(C)cs1)N1CCN(C(=O)Cc2cccc(Cl)c2)CC1. The molecule has 0 radical (unpaired) electrons. The Morgan fingerprint density at radius 2 is 2.00 bits per heavy atom. The Labute approximate surface area is 188 Å². The summed E-state index contributed by atoms with van der Waals surface area (Å²) in [6.45, 7) is 5.94. The van der Waals surface area contributed by atoms with Crippen LogP contribution in [0, 0.1) is 6.92 Å². The van der Waals surface area contributed by atoms with Gasteiger partial charge in [-0.05, 0) is 43.9 Å². The van der Waals surface area contributed by atoms with E-state index in [0.717, 1.165) is 56.1 Å². The van der Waals surface area contributed by atoms with E-state index in [1.165, 1.54) is 5.01 Å². The van der Waals surface area contributed by atoms with Gasteiger partial charge in [0.1, 0.15) is 0 Å². The predicted molar refractivity (Wildman–Crippen MR) is 124 cm³/mol. The highest BCUT2D eigenvalue weighted by atomic mass is 35.5. The van der Waals surface area contributed by atoms with Crippen molar-refractivity contribution >= 4 is 34.8 Å². The number of guanidine groups is 1. The van der Waals surface area contributed by atoms with Crippen LogP contribution >= 0.6 is 22.9 Å². The van der Waals surface area contributed by atoms with E-state index in [9.17, 15) is 4.79 Å². The first-order valence-electron chi connectivity index (χ1n) is 10.4. The summed E-state index contributed by atoms with van der Waals surface area (Å²) in [5, 5.41) is 7.45. The number of aliphatic imine (C=N–C) groups is 1.